The van der Waals surface area contributed by atoms with Crippen molar-refractivity contribution in [3.63, 3.8) is 0 Å². The van der Waals surface area contributed by atoms with Crippen LogP contribution in [-0.2, 0) is 11.3 Å². The van der Waals surface area contributed by atoms with Gasteiger partial charge in [-0.2, -0.15) is 4.37 Å². The molecule has 0 saturated heterocycles. The van der Waals surface area contributed by atoms with Gasteiger partial charge in [0.05, 0.1) is 5.69 Å². The Kier molecular flexibility index (Phi) is 8.36. The highest BCUT2D eigenvalue weighted by atomic mass is 32.1. The number of primary amides is 1. The van der Waals surface area contributed by atoms with E-state index in [4.69, 9.17) is 11.5 Å². The number of hydrogen-bond donors (Lipinski definition) is 3. The number of benzene rings is 3. The molecule has 3 aromatic carbocycles. The Balaban J connectivity index is 1.83. The third-order valence-electron chi connectivity index (χ3n) is 6.21. The van der Waals surface area contributed by atoms with E-state index in [1.807, 2.05) is 56.3 Å². The Bertz CT molecular complexity index is 1470. The Morgan fingerprint density at radius 2 is 1.56 bits per heavy atom. The molecule has 10 heteroatoms. The van der Waals surface area contributed by atoms with Gasteiger partial charge in [0, 0.05) is 12.2 Å². The second kappa shape index (κ2) is 11.9. The summed E-state index contributed by atoms with van der Waals surface area (Å²) in [6.45, 7) is 4.29. The van der Waals surface area contributed by atoms with E-state index in [-0.39, 0.29) is 28.7 Å². The van der Waals surface area contributed by atoms with Crippen molar-refractivity contribution >= 4 is 40.6 Å². The molecule has 3 amide bonds. The van der Waals surface area contributed by atoms with Gasteiger partial charge in [0.25, 0.3) is 11.8 Å². The maximum absolute atomic E-state index is 14.1. The Labute approximate surface area is 229 Å². The van der Waals surface area contributed by atoms with Gasteiger partial charge in [0.15, 0.2) is 5.69 Å². The van der Waals surface area contributed by atoms with Gasteiger partial charge in [-0.05, 0) is 58.4 Å². The molecule has 200 valence electrons. The van der Waals surface area contributed by atoms with Gasteiger partial charge >= 0.3 is 0 Å². The fourth-order valence-electron chi connectivity index (χ4n) is 4.09. The van der Waals surface area contributed by atoms with Crippen LogP contribution in [0.5, 0.6) is 0 Å². The number of nitrogen functional groups attached to an aromatic ring is 1. The fourth-order valence-corrected chi connectivity index (χ4v) is 4.83. The molecule has 4 aromatic rings. The molecule has 0 radical (unpaired) electrons. The van der Waals surface area contributed by atoms with E-state index < -0.39 is 29.6 Å². The number of halogens is 1. The number of carbonyl (C=O) groups is 3. The maximum atomic E-state index is 14.1. The second-order valence-electron chi connectivity index (χ2n) is 9.22. The lowest BCUT2D eigenvalue weighted by atomic mass is 10.00. The van der Waals surface area contributed by atoms with Gasteiger partial charge < -0.3 is 16.8 Å². The van der Waals surface area contributed by atoms with E-state index in [0.29, 0.717) is 11.3 Å². The van der Waals surface area contributed by atoms with Crippen LogP contribution in [0, 0.1) is 5.82 Å². The van der Waals surface area contributed by atoms with Crippen LogP contribution in [0.4, 0.5) is 15.8 Å². The molecule has 0 saturated carbocycles. The quantitative estimate of drug-likeness (QED) is 0.278. The monoisotopic (exact) mass is 545 g/mol. The molecule has 0 aliphatic heterocycles. The summed E-state index contributed by atoms with van der Waals surface area (Å²) in [4.78, 5) is 40.9. The highest BCUT2D eigenvalue weighted by molar-refractivity contribution is 7.09. The lowest BCUT2D eigenvalue weighted by Gasteiger charge is -2.31. The summed E-state index contributed by atoms with van der Waals surface area (Å²) in [6, 6.07) is 20.7. The number of aromatic nitrogens is 1. The van der Waals surface area contributed by atoms with E-state index in [9.17, 15) is 18.8 Å². The summed E-state index contributed by atoms with van der Waals surface area (Å²) in [5, 5.41) is 2.89. The molecule has 1 aromatic heterocycles. The second-order valence-corrected chi connectivity index (χ2v) is 9.99. The number of hydrogen-bond acceptors (Lipinski definition) is 6. The van der Waals surface area contributed by atoms with Crippen molar-refractivity contribution in [2.45, 2.75) is 32.4 Å². The number of anilines is 2. The molecule has 5 N–H and O–H groups in total. The van der Waals surface area contributed by atoms with Crippen molar-refractivity contribution in [3.8, 4) is 0 Å². The minimum atomic E-state index is -1.20. The third-order valence-corrected chi connectivity index (χ3v) is 7.07. The summed E-state index contributed by atoms with van der Waals surface area (Å²) < 4.78 is 17.8. The largest absolute Gasteiger partial charge is 0.395 e. The molecular weight excluding hydrogens is 517 g/mol. The van der Waals surface area contributed by atoms with Crippen molar-refractivity contribution in [1.82, 2.24) is 9.69 Å². The minimum absolute atomic E-state index is 0.0419. The number of rotatable bonds is 9. The van der Waals surface area contributed by atoms with E-state index in [1.165, 1.54) is 29.2 Å². The van der Waals surface area contributed by atoms with Crippen molar-refractivity contribution in [1.29, 1.82) is 0 Å². The molecule has 8 nitrogen and oxygen atoms in total. The van der Waals surface area contributed by atoms with Gasteiger partial charge in [-0.25, -0.2) is 4.39 Å². The zero-order valence-corrected chi connectivity index (χ0v) is 22.2. The van der Waals surface area contributed by atoms with E-state index in [0.717, 1.165) is 22.7 Å². The number of amides is 3. The predicted molar refractivity (Wildman–Crippen MR) is 150 cm³/mol. The molecule has 0 bridgehead atoms. The van der Waals surface area contributed by atoms with E-state index in [1.54, 1.807) is 12.1 Å². The van der Waals surface area contributed by atoms with Crippen molar-refractivity contribution in [2.75, 3.05) is 10.6 Å². The van der Waals surface area contributed by atoms with Crippen molar-refractivity contribution in [2.24, 2.45) is 5.73 Å². The first-order valence-electron chi connectivity index (χ1n) is 12.2. The number of nitrogens with zero attached hydrogens (tertiary/aromatic N) is 2. The molecule has 4 rings (SSSR count). The molecule has 1 heterocycles. The normalized spacial score (nSPS) is 11.7. The van der Waals surface area contributed by atoms with Crippen molar-refractivity contribution < 1.29 is 18.8 Å². The van der Waals surface area contributed by atoms with Gasteiger partial charge in [0.1, 0.15) is 16.7 Å². The van der Waals surface area contributed by atoms with Crippen molar-refractivity contribution in [3.05, 3.63) is 112 Å². The highest BCUT2D eigenvalue weighted by Crippen LogP contribution is 2.34. The Morgan fingerprint density at radius 1 is 0.949 bits per heavy atom. The Morgan fingerprint density at radius 3 is 2.13 bits per heavy atom. The number of nitrogens with two attached hydrogens (primary N) is 2. The van der Waals surface area contributed by atoms with Crippen LogP contribution in [0.2, 0.25) is 0 Å². The maximum Gasteiger partial charge on any atom is 0.273 e. The third kappa shape index (κ3) is 6.12. The van der Waals surface area contributed by atoms with Crippen LogP contribution in [0.1, 0.15) is 62.7 Å². The number of nitrogens with one attached hydrogen (secondary N) is 1. The van der Waals surface area contributed by atoms with Gasteiger partial charge in [-0.1, -0.05) is 68.4 Å². The minimum Gasteiger partial charge on any atom is -0.395 e. The first-order valence-corrected chi connectivity index (χ1v) is 13.0. The zero-order chi connectivity index (χ0) is 28.1. The van der Waals surface area contributed by atoms with Crippen LogP contribution in [0.3, 0.4) is 0 Å². The van der Waals surface area contributed by atoms with Gasteiger partial charge in [0.2, 0.25) is 5.91 Å². The fraction of sp³-hybridized carbons (Fsp3) is 0.172. The summed E-state index contributed by atoms with van der Waals surface area (Å²) in [5.41, 5.74) is 13.8. The first-order chi connectivity index (χ1) is 18.7. The SMILES string of the molecule is CC(C)c1ccc(N(C(=O)c2snc(C(N)=O)c2N)[C@H](C(=O)NCc2ccccc2)c2ccc(F)cc2)cc1. The predicted octanol–water partition coefficient (Wildman–Crippen LogP) is 4.79. The molecule has 0 spiro atoms. The van der Waals surface area contributed by atoms with Gasteiger partial charge in [-0.3, -0.25) is 19.3 Å². The molecule has 0 aliphatic carbocycles. The van der Waals surface area contributed by atoms with E-state index in [2.05, 4.69) is 9.69 Å². The molecule has 0 fully saturated rings. The molecule has 39 heavy (non-hydrogen) atoms. The lowest BCUT2D eigenvalue weighted by Crippen LogP contribution is -2.44. The molecule has 1 atom stereocenters. The van der Waals surface area contributed by atoms with Crippen LogP contribution in [0.15, 0.2) is 78.9 Å². The first kappa shape index (κ1) is 27.5. The van der Waals surface area contributed by atoms with E-state index >= 15 is 0 Å². The average molecular weight is 546 g/mol. The van der Waals surface area contributed by atoms with Crippen LogP contribution in [-0.4, -0.2) is 22.1 Å². The molecule has 0 aliphatic rings. The van der Waals surface area contributed by atoms with Crippen LogP contribution < -0.4 is 21.7 Å². The zero-order valence-electron chi connectivity index (χ0n) is 21.4. The molecule has 0 unspecified atom stereocenters. The molecular formula is C29H28FN5O3S. The summed E-state index contributed by atoms with van der Waals surface area (Å²) in [7, 11) is 0. The topological polar surface area (TPSA) is 131 Å². The van der Waals surface area contributed by atoms with Crippen LogP contribution in [0.25, 0.3) is 0 Å². The summed E-state index contributed by atoms with van der Waals surface area (Å²) in [5.74, 6) is -2.27. The van der Waals surface area contributed by atoms with Gasteiger partial charge in [-0.15, -0.1) is 0 Å². The summed E-state index contributed by atoms with van der Waals surface area (Å²) in [6.07, 6.45) is 0. The van der Waals surface area contributed by atoms with Crippen LogP contribution >= 0.6 is 11.5 Å². The number of carbonyl (C=O) groups excluding carboxylic acids is 3. The standard InChI is InChI=1S/C29H28FN5O3S/c1-17(2)19-10-14-22(15-11-19)35(29(38)26-23(31)24(27(32)36)34-39-26)25(20-8-12-21(30)13-9-20)28(37)33-16-18-6-4-3-5-7-18/h3-15,17,25H,16,31H2,1-2H3,(H2,32,36)(H,33,37)/t25-/m0/s1. The Hall–Kier alpha value is -4.57. The summed E-state index contributed by atoms with van der Waals surface area (Å²) >= 11 is 0.722. The highest BCUT2D eigenvalue weighted by Gasteiger charge is 2.36. The average Bonchev–Trinajstić information content (AvgIpc) is 3.33. The smallest absolute Gasteiger partial charge is 0.273 e. The lowest BCUT2D eigenvalue weighted by molar-refractivity contribution is -0.122.